The smallest absolute Gasteiger partial charge is 0.319 e. The normalized spacial score (nSPS) is 15.8. The number of benzene rings is 1. The van der Waals surface area contributed by atoms with Crippen molar-refractivity contribution in [2.75, 3.05) is 31.5 Å². The quantitative estimate of drug-likeness (QED) is 0.185. The van der Waals surface area contributed by atoms with Crippen molar-refractivity contribution >= 4 is 45.1 Å². The van der Waals surface area contributed by atoms with Crippen LogP contribution < -0.4 is 15.4 Å². The molecule has 1 aliphatic heterocycles. The zero-order chi connectivity index (χ0) is 32.2. The summed E-state index contributed by atoms with van der Waals surface area (Å²) in [5.74, 6) is -1.60. The Balaban J connectivity index is 1.05. The number of anilines is 1. The molecule has 0 unspecified atom stereocenters. The van der Waals surface area contributed by atoms with Gasteiger partial charge in [-0.15, -0.1) is 11.3 Å². The molecule has 4 aromatic rings. The van der Waals surface area contributed by atoms with Crippen LogP contribution in [0.2, 0.25) is 0 Å². The molecule has 1 atom stereocenters. The molecule has 0 bridgehead atoms. The summed E-state index contributed by atoms with van der Waals surface area (Å²) in [6.45, 7) is 2.80. The molecular weight excluding hydrogens is 615 g/mol. The van der Waals surface area contributed by atoms with Gasteiger partial charge in [0.1, 0.15) is 11.9 Å². The van der Waals surface area contributed by atoms with E-state index in [1.54, 1.807) is 23.2 Å². The van der Waals surface area contributed by atoms with Crippen LogP contribution in [0.4, 0.5) is 14.9 Å². The van der Waals surface area contributed by atoms with E-state index in [1.165, 1.54) is 23.5 Å². The van der Waals surface area contributed by atoms with E-state index in [-0.39, 0.29) is 30.7 Å². The molecule has 2 aliphatic rings. The van der Waals surface area contributed by atoms with Gasteiger partial charge in [0.2, 0.25) is 0 Å². The van der Waals surface area contributed by atoms with E-state index in [4.69, 9.17) is 9.84 Å². The predicted molar refractivity (Wildman–Crippen MR) is 169 cm³/mol. The summed E-state index contributed by atoms with van der Waals surface area (Å²) in [6.07, 6.45) is 3.69. The molecule has 1 aliphatic carbocycles. The minimum absolute atomic E-state index is 0.0256. The number of nitrogens with one attached hydrogen (secondary N) is 2. The standard InChI is InChI=1S/C32H33FN6O6S/c33-22-15-21(37-32(44)36-20-2-3-20)4-7-26(22)45-27-9-10-34-24-16-28(46-30(24)27)23-5-1-19(17-35-23)18-38-11-13-39(14-12-38)31(43)25(40)6-8-29(41)42/h1,4-5,7,9-10,15-17,20,25,40H,2-3,6,8,11-14,18H2,(H,41,42)(H2,36,37,44)/t25-/m1/s1. The summed E-state index contributed by atoms with van der Waals surface area (Å²) >= 11 is 1.44. The Morgan fingerprint density at radius 2 is 1.85 bits per heavy atom. The molecule has 240 valence electrons. The van der Waals surface area contributed by atoms with Crippen molar-refractivity contribution in [1.82, 2.24) is 25.1 Å². The van der Waals surface area contributed by atoms with E-state index < -0.39 is 23.8 Å². The van der Waals surface area contributed by atoms with E-state index in [9.17, 15) is 23.9 Å². The third-order valence-electron chi connectivity index (χ3n) is 7.78. The van der Waals surface area contributed by atoms with E-state index in [0.717, 1.165) is 33.7 Å². The monoisotopic (exact) mass is 648 g/mol. The van der Waals surface area contributed by atoms with Gasteiger partial charge in [-0.25, -0.2) is 9.18 Å². The first-order valence-electron chi connectivity index (χ1n) is 15.0. The summed E-state index contributed by atoms with van der Waals surface area (Å²) in [6, 6.07) is 11.6. The van der Waals surface area contributed by atoms with Crippen LogP contribution in [0.5, 0.6) is 11.5 Å². The lowest BCUT2D eigenvalue weighted by Crippen LogP contribution is -2.51. The molecule has 2 fully saturated rings. The first kappa shape index (κ1) is 31.3. The third-order valence-corrected chi connectivity index (χ3v) is 8.94. The molecule has 0 spiro atoms. The van der Waals surface area contributed by atoms with Crippen molar-refractivity contribution in [2.45, 2.75) is 44.4 Å². The zero-order valence-electron chi connectivity index (χ0n) is 24.8. The van der Waals surface area contributed by atoms with Crippen molar-refractivity contribution in [3.8, 4) is 22.1 Å². The Morgan fingerprint density at radius 1 is 1.04 bits per heavy atom. The second kappa shape index (κ2) is 13.8. The van der Waals surface area contributed by atoms with Crippen LogP contribution in [-0.4, -0.2) is 86.2 Å². The minimum Gasteiger partial charge on any atom is -0.481 e. The zero-order valence-corrected chi connectivity index (χ0v) is 25.6. The van der Waals surface area contributed by atoms with Crippen molar-refractivity contribution in [2.24, 2.45) is 0 Å². The summed E-state index contributed by atoms with van der Waals surface area (Å²) < 4.78 is 21.6. The topological polar surface area (TPSA) is 157 Å². The number of pyridine rings is 2. The van der Waals surface area contributed by atoms with Gasteiger partial charge in [-0.1, -0.05) is 6.07 Å². The number of aliphatic hydroxyl groups excluding tert-OH is 1. The van der Waals surface area contributed by atoms with E-state index in [1.807, 2.05) is 24.4 Å². The predicted octanol–water partition coefficient (Wildman–Crippen LogP) is 4.44. The Bertz CT molecular complexity index is 1740. The molecule has 4 N–H and O–H groups in total. The van der Waals surface area contributed by atoms with Crippen LogP contribution in [0.25, 0.3) is 20.8 Å². The van der Waals surface area contributed by atoms with Crippen molar-refractivity contribution in [1.29, 1.82) is 0 Å². The molecule has 1 aromatic carbocycles. The molecule has 3 aromatic heterocycles. The number of ether oxygens (including phenoxy) is 1. The number of hydrogen-bond acceptors (Lipinski definition) is 9. The van der Waals surface area contributed by atoms with Gasteiger partial charge in [0.25, 0.3) is 5.91 Å². The van der Waals surface area contributed by atoms with E-state index >= 15 is 0 Å². The van der Waals surface area contributed by atoms with Gasteiger partial charge in [-0.3, -0.25) is 24.5 Å². The molecular formula is C32H33FN6O6S. The molecule has 6 rings (SSSR count). The largest absolute Gasteiger partial charge is 0.481 e. The van der Waals surface area contributed by atoms with Gasteiger partial charge in [0, 0.05) is 75.4 Å². The lowest BCUT2D eigenvalue weighted by molar-refractivity contribution is -0.144. The average molecular weight is 649 g/mol. The number of rotatable bonds is 11. The lowest BCUT2D eigenvalue weighted by Gasteiger charge is -2.35. The maximum atomic E-state index is 14.9. The Labute approximate surface area is 267 Å². The number of urea groups is 1. The number of carboxylic acids is 1. The van der Waals surface area contributed by atoms with Gasteiger partial charge in [0.05, 0.1) is 20.8 Å². The molecule has 14 heteroatoms. The Kier molecular flexibility index (Phi) is 9.38. The van der Waals surface area contributed by atoms with Crippen LogP contribution in [0.3, 0.4) is 0 Å². The molecule has 3 amide bonds. The number of halogens is 1. The van der Waals surface area contributed by atoms with Gasteiger partial charge in [0.15, 0.2) is 11.6 Å². The maximum absolute atomic E-state index is 14.9. The number of piperazine rings is 1. The fraction of sp³-hybridized carbons (Fsp3) is 0.344. The second-order valence-electron chi connectivity index (χ2n) is 11.4. The Morgan fingerprint density at radius 3 is 2.54 bits per heavy atom. The highest BCUT2D eigenvalue weighted by Gasteiger charge is 2.27. The second-order valence-corrected chi connectivity index (χ2v) is 12.4. The number of fused-ring (bicyclic) bond motifs is 1. The van der Waals surface area contributed by atoms with E-state index in [2.05, 4.69) is 25.5 Å². The molecule has 0 radical (unpaired) electrons. The van der Waals surface area contributed by atoms with Gasteiger partial charge >= 0.3 is 12.0 Å². The molecule has 1 saturated carbocycles. The average Bonchev–Trinajstić information content (AvgIpc) is 3.75. The molecule has 46 heavy (non-hydrogen) atoms. The summed E-state index contributed by atoms with van der Waals surface area (Å²) in [5.41, 5.74) is 2.79. The first-order chi connectivity index (χ1) is 22.2. The van der Waals surface area contributed by atoms with Crippen LogP contribution in [-0.2, 0) is 16.1 Å². The molecule has 12 nitrogen and oxygen atoms in total. The summed E-state index contributed by atoms with van der Waals surface area (Å²) in [5, 5.41) is 24.2. The van der Waals surface area contributed by atoms with Crippen molar-refractivity contribution in [3.05, 3.63) is 66.2 Å². The minimum atomic E-state index is -1.30. The number of hydrogen-bond donors (Lipinski definition) is 4. The van der Waals surface area contributed by atoms with E-state index in [0.29, 0.717) is 49.7 Å². The number of carbonyl (C=O) groups excluding carboxylic acids is 2. The third kappa shape index (κ3) is 7.76. The number of nitrogens with zero attached hydrogens (tertiary/aromatic N) is 4. The van der Waals surface area contributed by atoms with Gasteiger partial charge in [-0.2, -0.15) is 0 Å². The number of thiophene rings is 1. The molecule has 4 heterocycles. The van der Waals surface area contributed by atoms with Gasteiger partial charge < -0.3 is 30.5 Å². The number of aliphatic hydroxyl groups is 1. The van der Waals surface area contributed by atoms with Gasteiger partial charge in [-0.05, 0) is 49.1 Å². The number of carbonyl (C=O) groups is 3. The lowest BCUT2D eigenvalue weighted by atomic mass is 10.1. The summed E-state index contributed by atoms with van der Waals surface area (Å²) in [7, 11) is 0. The first-order valence-corrected chi connectivity index (χ1v) is 15.8. The van der Waals surface area contributed by atoms with Crippen molar-refractivity contribution < 1.29 is 33.7 Å². The highest BCUT2D eigenvalue weighted by molar-refractivity contribution is 7.22. The SMILES string of the molecule is O=C(O)CC[C@@H](O)C(=O)N1CCN(Cc2ccc(-c3cc4nccc(Oc5ccc(NC(=O)NC6CC6)cc5F)c4s3)nc2)CC1. The highest BCUT2D eigenvalue weighted by Crippen LogP contribution is 2.39. The van der Waals surface area contributed by atoms with Crippen LogP contribution in [0.15, 0.2) is 54.9 Å². The van der Waals surface area contributed by atoms with Crippen LogP contribution in [0.1, 0.15) is 31.2 Å². The summed E-state index contributed by atoms with van der Waals surface area (Å²) in [4.78, 5) is 48.9. The number of carboxylic acid groups (broad SMARTS) is 1. The van der Waals surface area contributed by atoms with Crippen LogP contribution >= 0.6 is 11.3 Å². The number of aromatic nitrogens is 2. The molecule has 1 saturated heterocycles. The fourth-order valence-electron chi connectivity index (χ4n) is 5.12. The number of aliphatic carboxylic acids is 1. The maximum Gasteiger partial charge on any atom is 0.319 e. The number of amides is 3. The fourth-order valence-corrected chi connectivity index (χ4v) is 6.17. The van der Waals surface area contributed by atoms with Crippen molar-refractivity contribution in [3.63, 3.8) is 0 Å². The van der Waals surface area contributed by atoms with Crippen LogP contribution in [0, 0.1) is 5.82 Å². The highest BCUT2D eigenvalue weighted by atomic mass is 32.1. The Hall–Kier alpha value is -4.66.